The molecule has 1 heterocycles. The van der Waals surface area contributed by atoms with E-state index in [4.69, 9.17) is 0 Å². The molecule has 8 nitrogen and oxygen atoms in total. The molecule has 2 N–H and O–H groups in total. The van der Waals surface area contributed by atoms with Crippen molar-refractivity contribution in [2.45, 2.75) is 32.9 Å². The van der Waals surface area contributed by atoms with Crippen LogP contribution in [0.2, 0.25) is 0 Å². The van der Waals surface area contributed by atoms with Gasteiger partial charge >= 0.3 is 0 Å². The Balaban J connectivity index is 2.05. The van der Waals surface area contributed by atoms with Crippen LogP contribution < -0.4 is 10.6 Å². The molecule has 1 aromatic heterocycles. The van der Waals surface area contributed by atoms with Crippen molar-refractivity contribution < 1.29 is 8.42 Å². The number of para-hydroxylation sites is 1. The minimum Gasteiger partial charge on any atom is -0.357 e. The van der Waals surface area contributed by atoms with E-state index in [-0.39, 0.29) is 11.8 Å². The molecule has 0 aliphatic carbocycles. The van der Waals surface area contributed by atoms with Crippen molar-refractivity contribution >= 4 is 15.8 Å². The summed E-state index contributed by atoms with van der Waals surface area (Å²) in [5, 5.41) is 14.5. The number of sulfone groups is 1. The molecule has 0 aliphatic rings. The number of aromatic nitrogens is 3. The topological polar surface area (TPSA) is 101 Å². The predicted octanol–water partition coefficient (Wildman–Crippen LogP) is 1.15. The van der Waals surface area contributed by atoms with Crippen LogP contribution in [-0.2, 0) is 16.4 Å². The largest absolute Gasteiger partial charge is 0.357 e. The zero-order valence-corrected chi connectivity index (χ0v) is 16.2. The molecule has 142 valence electrons. The average molecular weight is 379 g/mol. The van der Waals surface area contributed by atoms with Gasteiger partial charge in [0.1, 0.15) is 22.7 Å². The molecular formula is C17H26N6O2S. The number of aliphatic imine (C=N–C) groups is 1. The fraction of sp³-hybridized carbons (Fsp3) is 0.471. The van der Waals surface area contributed by atoms with Crippen LogP contribution in [0.15, 0.2) is 41.7 Å². The SMILES string of the molecule is CCNC(=NCc1nncn1-c1ccccc1)NC(C)CCS(C)(=O)=O. The predicted molar refractivity (Wildman–Crippen MR) is 103 cm³/mol. The summed E-state index contributed by atoms with van der Waals surface area (Å²) < 4.78 is 24.5. The minimum atomic E-state index is -2.97. The maximum atomic E-state index is 11.3. The van der Waals surface area contributed by atoms with Gasteiger partial charge < -0.3 is 10.6 Å². The van der Waals surface area contributed by atoms with Crippen LogP contribution >= 0.6 is 0 Å². The molecule has 9 heteroatoms. The third-order valence-electron chi connectivity index (χ3n) is 3.68. The molecule has 1 atom stereocenters. The van der Waals surface area contributed by atoms with Crippen molar-refractivity contribution in [3.63, 3.8) is 0 Å². The van der Waals surface area contributed by atoms with E-state index in [2.05, 4.69) is 25.8 Å². The number of hydrogen-bond donors (Lipinski definition) is 2. The zero-order chi connectivity index (χ0) is 19.0. The standard InChI is InChI=1S/C17H26N6O2S/c1-4-18-17(21-14(2)10-11-26(3,24)25)19-12-16-22-20-13-23(16)15-8-6-5-7-9-15/h5-9,13-14H,4,10-12H2,1-3H3,(H2,18,19,21). The average Bonchev–Trinajstić information content (AvgIpc) is 3.07. The summed E-state index contributed by atoms with van der Waals surface area (Å²) in [6, 6.07) is 9.81. The summed E-state index contributed by atoms with van der Waals surface area (Å²) in [4.78, 5) is 4.55. The summed E-state index contributed by atoms with van der Waals surface area (Å²) in [6.07, 6.45) is 3.42. The van der Waals surface area contributed by atoms with Gasteiger partial charge in [-0.05, 0) is 32.4 Å². The zero-order valence-electron chi connectivity index (χ0n) is 15.4. The second-order valence-electron chi connectivity index (χ2n) is 6.11. The van der Waals surface area contributed by atoms with E-state index in [1.165, 1.54) is 6.26 Å². The molecule has 0 saturated carbocycles. The molecule has 0 saturated heterocycles. The van der Waals surface area contributed by atoms with E-state index < -0.39 is 9.84 Å². The second kappa shape index (κ2) is 9.33. The molecule has 0 aliphatic heterocycles. The molecule has 0 bridgehead atoms. The van der Waals surface area contributed by atoms with E-state index in [9.17, 15) is 8.42 Å². The normalized spacial score (nSPS) is 13.4. The van der Waals surface area contributed by atoms with E-state index in [1.807, 2.05) is 48.7 Å². The maximum Gasteiger partial charge on any atom is 0.191 e. The van der Waals surface area contributed by atoms with Gasteiger partial charge in [0.15, 0.2) is 11.8 Å². The third-order valence-corrected chi connectivity index (χ3v) is 4.66. The van der Waals surface area contributed by atoms with Gasteiger partial charge in [-0.1, -0.05) is 18.2 Å². The minimum absolute atomic E-state index is 0.0190. The number of guanidine groups is 1. The highest BCUT2D eigenvalue weighted by atomic mass is 32.2. The lowest BCUT2D eigenvalue weighted by Crippen LogP contribution is -2.42. The summed E-state index contributed by atoms with van der Waals surface area (Å²) >= 11 is 0. The fourth-order valence-electron chi connectivity index (χ4n) is 2.34. The van der Waals surface area contributed by atoms with Gasteiger partial charge in [-0.15, -0.1) is 10.2 Å². The molecule has 26 heavy (non-hydrogen) atoms. The van der Waals surface area contributed by atoms with Gasteiger partial charge in [0, 0.05) is 24.5 Å². The molecular weight excluding hydrogens is 352 g/mol. The van der Waals surface area contributed by atoms with Gasteiger partial charge in [-0.25, -0.2) is 13.4 Å². The Morgan fingerprint density at radius 1 is 1.31 bits per heavy atom. The molecule has 1 aromatic carbocycles. The van der Waals surface area contributed by atoms with Crippen molar-refractivity contribution in [3.05, 3.63) is 42.5 Å². The first-order valence-electron chi connectivity index (χ1n) is 8.56. The Morgan fingerprint density at radius 3 is 2.69 bits per heavy atom. The van der Waals surface area contributed by atoms with Gasteiger partial charge in [0.2, 0.25) is 0 Å². The molecule has 0 spiro atoms. The lowest BCUT2D eigenvalue weighted by atomic mass is 10.3. The lowest BCUT2D eigenvalue weighted by Gasteiger charge is -2.17. The first-order chi connectivity index (χ1) is 12.4. The highest BCUT2D eigenvalue weighted by molar-refractivity contribution is 7.90. The van der Waals surface area contributed by atoms with Gasteiger partial charge in [-0.2, -0.15) is 0 Å². The summed E-state index contributed by atoms with van der Waals surface area (Å²) in [5.41, 5.74) is 0.974. The van der Waals surface area contributed by atoms with Gasteiger partial charge in [0.05, 0.1) is 5.75 Å². The quantitative estimate of drug-likeness (QED) is 0.528. The lowest BCUT2D eigenvalue weighted by molar-refractivity contribution is 0.581. The Morgan fingerprint density at radius 2 is 2.04 bits per heavy atom. The number of rotatable bonds is 8. The van der Waals surface area contributed by atoms with Gasteiger partial charge in [0.25, 0.3) is 0 Å². The Kier molecular flexibility index (Phi) is 7.14. The van der Waals surface area contributed by atoms with Crippen molar-refractivity contribution in [2.24, 2.45) is 4.99 Å². The van der Waals surface area contributed by atoms with Crippen LogP contribution in [-0.4, -0.2) is 53.7 Å². The Bertz CT molecular complexity index is 817. The number of hydrogen-bond acceptors (Lipinski definition) is 5. The molecule has 0 fully saturated rings. The Labute approximate surface area is 154 Å². The fourth-order valence-corrected chi connectivity index (χ4v) is 3.12. The van der Waals surface area contributed by atoms with Crippen molar-refractivity contribution in [1.29, 1.82) is 0 Å². The van der Waals surface area contributed by atoms with Crippen LogP contribution in [0.3, 0.4) is 0 Å². The number of nitrogens with one attached hydrogen (secondary N) is 2. The summed E-state index contributed by atoms with van der Waals surface area (Å²) in [7, 11) is -2.97. The van der Waals surface area contributed by atoms with E-state index >= 15 is 0 Å². The summed E-state index contributed by atoms with van der Waals surface area (Å²) in [5.74, 6) is 1.48. The van der Waals surface area contributed by atoms with Crippen molar-refractivity contribution in [3.8, 4) is 5.69 Å². The van der Waals surface area contributed by atoms with Crippen LogP contribution in [0, 0.1) is 0 Å². The Hall–Kier alpha value is -2.42. The maximum absolute atomic E-state index is 11.3. The van der Waals surface area contributed by atoms with Crippen molar-refractivity contribution in [1.82, 2.24) is 25.4 Å². The first kappa shape index (κ1) is 19.9. The molecule has 0 radical (unpaired) electrons. The monoisotopic (exact) mass is 378 g/mol. The number of nitrogens with zero attached hydrogens (tertiary/aromatic N) is 4. The van der Waals surface area contributed by atoms with Crippen LogP contribution in [0.1, 0.15) is 26.1 Å². The van der Waals surface area contributed by atoms with Crippen LogP contribution in [0.4, 0.5) is 0 Å². The van der Waals surface area contributed by atoms with Crippen LogP contribution in [0.25, 0.3) is 5.69 Å². The summed E-state index contributed by atoms with van der Waals surface area (Å²) in [6.45, 7) is 4.97. The van der Waals surface area contributed by atoms with Crippen molar-refractivity contribution in [2.75, 3.05) is 18.6 Å². The highest BCUT2D eigenvalue weighted by Crippen LogP contribution is 2.09. The smallest absolute Gasteiger partial charge is 0.191 e. The van der Waals surface area contributed by atoms with E-state index in [1.54, 1.807) is 6.33 Å². The molecule has 2 rings (SSSR count). The molecule has 0 amide bonds. The second-order valence-corrected chi connectivity index (χ2v) is 8.37. The van der Waals surface area contributed by atoms with Crippen LogP contribution in [0.5, 0.6) is 0 Å². The molecule has 2 aromatic rings. The van der Waals surface area contributed by atoms with Gasteiger partial charge in [-0.3, -0.25) is 4.57 Å². The van der Waals surface area contributed by atoms with E-state index in [0.29, 0.717) is 25.5 Å². The molecule has 1 unspecified atom stereocenters. The van der Waals surface area contributed by atoms with E-state index in [0.717, 1.165) is 11.5 Å². The first-order valence-corrected chi connectivity index (χ1v) is 10.6. The number of benzene rings is 1. The highest BCUT2D eigenvalue weighted by Gasteiger charge is 2.10. The third kappa shape index (κ3) is 6.47.